The Kier molecular flexibility index (Phi) is 5.94. The van der Waals surface area contributed by atoms with Crippen LogP contribution in [0.5, 0.6) is 0 Å². The molecule has 0 saturated heterocycles. The van der Waals surface area contributed by atoms with E-state index in [1.54, 1.807) is 13.0 Å². The van der Waals surface area contributed by atoms with Gasteiger partial charge >= 0.3 is 5.97 Å². The molecule has 0 amide bonds. The quantitative estimate of drug-likeness (QED) is 0.379. The molecule has 0 unspecified atom stereocenters. The summed E-state index contributed by atoms with van der Waals surface area (Å²) >= 11 is 0. The van der Waals surface area contributed by atoms with Crippen molar-refractivity contribution in [2.45, 2.75) is 34.1 Å². The third kappa shape index (κ3) is 5.23. The van der Waals surface area contributed by atoms with Crippen molar-refractivity contribution < 1.29 is 9.53 Å². The zero-order valence-electron chi connectivity index (χ0n) is 8.89. The monoisotopic (exact) mass is 182 g/mol. The van der Waals surface area contributed by atoms with Crippen LogP contribution in [0.3, 0.4) is 0 Å². The molecule has 74 valence electrons. The van der Waals surface area contributed by atoms with Crippen LogP contribution in [0, 0.1) is 0 Å². The first-order valence-corrected chi connectivity index (χ1v) is 4.57. The van der Waals surface area contributed by atoms with Crippen LogP contribution in [0.1, 0.15) is 34.1 Å². The van der Waals surface area contributed by atoms with Gasteiger partial charge in [0.1, 0.15) is 6.61 Å². The Morgan fingerprint density at radius 1 is 1.38 bits per heavy atom. The fraction of sp³-hybridized carbons (Fsp3) is 0.545. The minimum atomic E-state index is -0.234. The van der Waals surface area contributed by atoms with Crippen molar-refractivity contribution in [2.75, 3.05) is 6.61 Å². The number of carbonyl (C=O) groups is 1. The average molecular weight is 182 g/mol. The lowest BCUT2D eigenvalue weighted by Crippen LogP contribution is -2.05. The van der Waals surface area contributed by atoms with Crippen molar-refractivity contribution >= 4 is 5.97 Å². The van der Waals surface area contributed by atoms with E-state index in [1.807, 2.05) is 19.9 Å². The highest BCUT2D eigenvalue weighted by Crippen LogP contribution is 1.99. The molecule has 0 rings (SSSR count). The van der Waals surface area contributed by atoms with Crippen LogP contribution in [-0.4, -0.2) is 12.6 Å². The van der Waals surface area contributed by atoms with Crippen LogP contribution in [0.4, 0.5) is 0 Å². The summed E-state index contributed by atoms with van der Waals surface area (Å²) < 4.78 is 4.98. The lowest BCUT2D eigenvalue weighted by molar-refractivity contribution is -0.137. The summed E-state index contributed by atoms with van der Waals surface area (Å²) in [4.78, 5) is 11.1. The SMILES string of the molecule is C/C=C(/C)C(=O)OCC=C(C)CC. The number of carbonyl (C=O) groups excluding carboxylic acids is 1. The number of hydrogen-bond donors (Lipinski definition) is 0. The zero-order chi connectivity index (χ0) is 10.3. The van der Waals surface area contributed by atoms with Crippen molar-refractivity contribution in [3.8, 4) is 0 Å². The van der Waals surface area contributed by atoms with E-state index in [0.717, 1.165) is 6.42 Å². The van der Waals surface area contributed by atoms with E-state index < -0.39 is 0 Å². The molecule has 0 N–H and O–H groups in total. The highest BCUT2D eigenvalue weighted by molar-refractivity contribution is 5.87. The Bertz CT molecular complexity index is 224. The Morgan fingerprint density at radius 3 is 2.46 bits per heavy atom. The molecule has 0 heterocycles. The molecule has 0 aliphatic heterocycles. The Balaban J connectivity index is 3.85. The highest BCUT2D eigenvalue weighted by atomic mass is 16.5. The lowest BCUT2D eigenvalue weighted by atomic mass is 10.2. The van der Waals surface area contributed by atoms with Crippen molar-refractivity contribution in [2.24, 2.45) is 0 Å². The van der Waals surface area contributed by atoms with Gasteiger partial charge < -0.3 is 4.74 Å². The largest absolute Gasteiger partial charge is 0.458 e. The molecule has 0 aliphatic carbocycles. The van der Waals surface area contributed by atoms with Crippen molar-refractivity contribution in [3.05, 3.63) is 23.3 Å². The van der Waals surface area contributed by atoms with E-state index in [4.69, 9.17) is 4.74 Å². The summed E-state index contributed by atoms with van der Waals surface area (Å²) in [6.07, 6.45) is 4.68. The minimum absolute atomic E-state index is 0.234. The molecule has 2 nitrogen and oxygen atoms in total. The van der Waals surface area contributed by atoms with E-state index >= 15 is 0 Å². The predicted octanol–water partition coefficient (Wildman–Crippen LogP) is 2.85. The van der Waals surface area contributed by atoms with Gasteiger partial charge in [-0.2, -0.15) is 0 Å². The summed E-state index contributed by atoms with van der Waals surface area (Å²) in [5, 5.41) is 0. The summed E-state index contributed by atoms with van der Waals surface area (Å²) in [5.74, 6) is -0.234. The molecule has 0 fully saturated rings. The summed E-state index contributed by atoms with van der Waals surface area (Å²) in [5.41, 5.74) is 1.90. The minimum Gasteiger partial charge on any atom is -0.458 e. The Labute approximate surface area is 80.3 Å². The smallest absolute Gasteiger partial charge is 0.333 e. The Morgan fingerprint density at radius 2 is 2.00 bits per heavy atom. The van der Waals surface area contributed by atoms with E-state index in [9.17, 15) is 4.79 Å². The maximum Gasteiger partial charge on any atom is 0.333 e. The average Bonchev–Trinajstić information content (AvgIpc) is 2.15. The molecule has 0 aromatic rings. The summed E-state index contributed by atoms with van der Waals surface area (Å²) in [6, 6.07) is 0. The molecule has 0 aliphatic rings. The normalized spacial score (nSPS) is 12.9. The maximum absolute atomic E-state index is 11.1. The molecule has 0 radical (unpaired) electrons. The molecule has 0 bridgehead atoms. The first kappa shape index (κ1) is 11.9. The van der Waals surface area contributed by atoms with E-state index in [2.05, 4.69) is 6.92 Å². The molecule has 0 atom stereocenters. The van der Waals surface area contributed by atoms with E-state index in [1.165, 1.54) is 5.57 Å². The third-order valence-electron chi connectivity index (χ3n) is 1.96. The van der Waals surface area contributed by atoms with Gasteiger partial charge in [0.2, 0.25) is 0 Å². The van der Waals surface area contributed by atoms with Gasteiger partial charge in [0.25, 0.3) is 0 Å². The molecular formula is C11H18O2. The van der Waals surface area contributed by atoms with Gasteiger partial charge in [0.15, 0.2) is 0 Å². The van der Waals surface area contributed by atoms with Gasteiger partial charge in [-0.05, 0) is 33.3 Å². The Hall–Kier alpha value is -1.05. The first-order chi connectivity index (χ1) is 6.11. The fourth-order valence-electron chi connectivity index (χ4n) is 0.636. The molecule has 2 heteroatoms. The number of hydrogen-bond acceptors (Lipinski definition) is 2. The standard InChI is InChI=1S/C11H18O2/c1-5-9(3)7-8-13-11(12)10(4)6-2/h6-7H,5,8H2,1-4H3/b9-7?,10-6-. The lowest BCUT2D eigenvalue weighted by Gasteiger charge is -2.01. The first-order valence-electron chi connectivity index (χ1n) is 4.57. The molecule has 13 heavy (non-hydrogen) atoms. The van der Waals surface area contributed by atoms with E-state index in [0.29, 0.717) is 12.2 Å². The maximum atomic E-state index is 11.1. The zero-order valence-corrected chi connectivity index (χ0v) is 8.89. The predicted molar refractivity (Wildman–Crippen MR) is 54.4 cm³/mol. The molecule has 0 aromatic heterocycles. The number of ether oxygens (including phenoxy) is 1. The highest BCUT2D eigenvalue weighted by Gasteiger charge is 2.01. The van der Waals surface area contributed by atoms with Gasteiger partial charge in [-0.15, -0.1) is 0 Å². The third-order valence-corrected chi connectivity index (χ3v) is 1.96. The van der Waals surface area contributed by atoms with Gasteiger partial charge in [-0.25, -0.2) is 4.79 Å². The van der Waals surface area contributed by atoms with Gasteiger partial charge in [-0.3, -0.25) is 0 Å². The number of esters is 1. The van der Waals surface area contributed by atoms with Crippen molar-refractivity contribution in [1.82, 2.24) is 0 Å². The van der Waals surface area contributed by atoms with Gasteiger partial charge in [-0.1, -0.05) is 18.6 Å². The second-order valence-corrected chi connectivity index (χ2v) is 2.97. The second kappa shape index (κ2) is 6.46. The van der Waals surface area contributed by atoms with Crippen molar-refractivity contribution in [3.63, 3.8) is 0 Å². The molecule has 0 spiro atoms. The van der Waals surface area contributed by atoms with Crippen LogP contribution in [0.15, 0.2) is 23.3 Å². The molecular weight excluding hydrogens is 164 g/mol. The van der Waals surface area contributed by atoms with Crippen LogP contribution in [0.2, 0.25) is 0 Å². The van der Waals surface area contributed by atoms with Crippen LogP contribution < -0.4 is 0 Å². The van der Waals surface area contributed by atoms with Crippen LogP contribution in [-0.2, 0) is 9.53 Å². The van der Waals surface area contributed by atoms with Gasteiger partial charge in [0, 0.05) is 5.57 Å². The van der Waals surface area contributed by atoms with Crippen LogP contribution in [0.25, 0.3) is 0 Å². The second-order valence-electron chi connectivity index (χ2n) is 2.97. The van der Waals surface area contributed by atoms with Gasteiger partial charge in [0.05, 0.1) is 0 Å². The van der Waals surface area contributed by atoms with Crippen LogP contribution >= 0.6 is 0 Å². The summed E-state index contributed by atoms with van der Waals surface area (Å²) in [6.45, 7) is 8.05. The number of allylic oxidation sites excluding steroid dienone is 2. The molecule has 0 aromatic carbocycles. The topological polar surface area (TPSA) is 26.3 Å². The van der Waals surface area contributed by atoms with E-state index in [-0.39, 0.29) is 5.97 Å². The fourth-order valence-corrected chi connectivity index (χ4v) is 0.636. The molecule has 0 saturated carbocycles. The summed E-state index contributed by atoms with van der Waals surface area (Å²) in [7, 11) is 0. The number of rotatable bonds is 4. The van der Waals surface area contributed by atoms with Crippen molar-refractivity contribution in [1.29, 1.82) is 0 Å².